The van der Waals surface area contributed by atoms with E-state index in [0.717, 1.165) is 36.1 Å². The van der Waals surface area contributed by atoms with Crippen molar-refractivity contribution in [2.45, 2.75) is 45.6 Å². The van der Waals surface area contributed by atoms with Crippen LogP contribution in [0.3, 0.4) is 0 Å². The molecule has 1 heterocycles. The van der Waals surface area contributed by atoms with Crippen LogP contribution in [0.2, 0.25) is 5.02 Å². The van der Waals surface area contributed by atoms with Crippen LogP contribution in [0, 0.1) is 5.92 Å². The van der Waals surface area contributed by atoms with E-state index < -0.39 is 12.1 Å². The van der Waals surface area contributed by atoms with E-state index in [0.29, 0.717) is 27.3 Å². The predicted octanol–water partition coefficient (Wildman–Crippen LogP) is 5.11. The highest BCUT2D eigenvalue weighted by molar-refractivity contribution is 7.17. The summed E-state index contributed by atoms with van der Waals surface area (Å²) in [6, 6.07) is 6.89. The second-order valence-corrected chi connectivity index (χ2v) is 8.46. The van der Waals surface area contributed by atoms with Crippen molar-refractivity contribution in [3.63, 3.8) is 0 Å². The van der Waals surface area contributed by atoms with Crippen molar-refractivity contribution in [1.82, 2.24) is 0 Å². The first kappa shape index (κ1) is 20.7. The van der Waals surface area contributed by atoms with E-state index >= 15 is 0 Å². The predicted molar refractivity (Wildman–Crippen MR) is 112 cm³/mol. The number of thiophene rings is 1. The van der Waals surface area contributed by atoms with Gasteiger partial charge in [0.25, 0.3) is 5.91 Å². The summed E-state index contributed by atoms with van der Waals surface area (Å²) in [5.74, 6) is 0.395. The fraction of sp³-hybridized carbons (Fsp3) is 0.429. The number of amides is 1. The van der Waals surface area contributed by atoms with Crippen LogP contribution in [-0.4, -0.2) is 25.1 Å². The lowest BCUT2D eigenvalue weighted by Crippen LogP contribution is -2.30. The van der Waals surface area contributed by atoms with E-state index in [9.17, 15) is 9.59 Å². The zero-order chi connectivity index (χ0) is 20.3. The van der Waals surface area contributed by atoms with E-state index in [-0.39, 0.29) is 5.91 Å². The van der Waals surface area contributed by atoms with Crippen LogP contribution >= 0.6 is 22.9 Å². The summed E-state index contributed by atoms with van der Waals surface area (Å²) >= 11 is 7.43. The van der Waals surface area contributed by atoms with Crippen molar-refractivity contribution < 1.29 is 19.1 Å². The van der Waals surface area contributed by atoms with Crippen LogP contribution in [0.5, 0.6) is 5.75 Å². The fourth-order valence-electron chi connectivity index (χ4n) is 3.42. The number of carbonyl (C=O) groups is 2. The molecule has 0 aliphatic heterocycles. The summed E-state index contributed by atoms with van der Waals surface area (Å²) in [6.07, 6.45) is 3.18. The average molecular weight is 422 g/mol. The molecular formula is C21H24ClNO4S. The molecule has 2 aromatic rings. The quantitative estimate of drug-likeness (QED) is 0.658. The van der Waals surface area contributed by atoms with Gasteiger partial charge in [-0.3, -0.25) is 4.79 Å². The number of esters is 1. The van der Waals surface area contributed by atoms with Crippen molar-refractivity contribution in [3.8, 4) is 5.75 Å². The third kappa shape index (κ3) is 4.50. The Morgan fingerprint density at radius 1 is 1.39 bits per heavy atom. The van der Waals surface area contributed by atoms with Gasteiger partial charge in [0.2, 0.25) is 0 Å². The van der Waals surface area contributed by atoms with Crippen molar-refractivity contribution in [2.75, 3.05) is 12.4 Å². The molecule has 1 N–H and O–H groups in total. The van der Waals surface area contributed by atoms with Gasteiger partial charge in [0, 0.05) is 9.90 Å². The van der Waals surface area contributed by atoms with Crippen molar-refractivity contribution >= 4 is 39.8 Å². The molecule has 1 aliphatic carbocycles. The summed E-state index contributed by atoms with van der Waals surface area (Å²) in [6.45, 7) is 3.84. The van der Waals surface area contributed by atoms with Gasteiger partial charge in [-0.25, -0.2) is 4.79 Å². The fourth-order valence-corrected chi connectivity index (χ4v) is 4.95. The molecule has 7 heteroatoms. The summed E-state index contributed by atoms with van der Waals surface area (Å²) in [7, 11) is 1.36. The number of ether oxygens (including phenoxy) is 2. The number of hydrogen-bond acceptors (Lipinski definition) is 5. The maximum atomic E-state index is 12.7. The Balaban J connectivity index is 1.79. The van der Waals surface area contributed by atoms with Gasteiger partial charge in [-0.1, -0.05) is 31.0 Å². The molecule has 1 amide bonds. The van der Waals surface area contributed by atoms with Gasteiger partial charge in [-0.2, -0.15) is 0 Å². The van der Waals surface area contributed by atoms with E-state index in [2.05, 4.69) is 12.2 Å². The lowest BCUT2D eigenvalue weighted by atomic mass is 9.85. The molecule has 0 fully saturated rings. The molecule has 5 nitrogen and oxygen atoms in total. The van der Waals surface area contributed by atoms with Gasteiger partial charge in [0.1, 0.15) is 10.8 Å². The van der Waals surface area contributed by atoms with Gasteiger partial charge >= 0.3 is 5.97 Å². The maximum absolute atomic E-state index is 12.7. The third-order valence-corrected chi connectivity index (χ3v) is 6.45. The molecule has 1 aromatic carbocycles. The lowest BCUT2D eigenvalue weighted by Gasteiger charge is -2.20. The normalized spacial score (nSPS) is 16.8. The van der Waals surface area contributed by atoms with Gasteiger partial charge < -0.3 is 14.8 Å². The van der Waals surface area contributed by atoms with Crippen molar-refractivity contribution in [3.05, 3.63) is 45.3 Å². The van der Waals surface area contributed by atoms with Gasteiger partial charge in [-0.05, 0) is 55.9 Å². The molecule has 3 rings (SSSR count). The van der Waals surface area contributed by atoms with Crippen LogP contribution in [-0.2, 0) is 22.4 Å². The number of carbonyl (C=O) groups excluding carboxylic acids is 2. The first-order valence-electron chi connectivity index (χ1n) is 9.38. The smallest absolute Gasteiger partial charge is 0.341 e. The second-order valence-electron chi connectivity index (χ2n) is 6.92. The molecule has 2 unspecified atom stereocenters. The molecule has 28 heavy (non-hydrogen) atoms. The molecule has 0 radical (unpaired) electrons. The zero-order valence-electron chi connectivity index (χ0n) is 16.2. The highest BCUT2D eigenvalue weighted by Crippen LogP contribution is 2.40. The van der Waals surface area contributed by atoms with E-state index in [1.54, 1.807) is 31.2 Å². The number of fused-ring (bicyclic) bond motifs is 1. The molecule has 1 aliphatic rings. The summed E-state index contributed by atoms with van der Waals surface area (Å²) in [5.41, 5.74) is 1.50. The minimum Gasteiger partial charge on any atom is -0.481 e. The molecule has 0 saturated heterocycles. The Morgan fingerprint density at radius 3 is 2.86 bits per heavy atom. The Kier molecular flexibility index (Phi) is 6.62. The lowest BCUT2D eigenvalue weighted by molar-refractivity contribution is -0.122. The van der Waals surface area contributed by atoms with E-state index in [1.165, 1.54) is 18.4 Å². The summed E-state index contributed by atoms with van der Waals surface area (Å²) in [4.78, 5) is 26.2. The first-order chi connectivity index (χ1) is 13.4. The monoisotopic (exact) mass is 421 g/mol. The molecule has 0 bridgehead atoms. The number of nitrogens with one attached hydrogen (secondary N) is 1. The molecular weight excluding hydrogens is 398 g/mol. The first-order valence-corrected chi connectivity index (χ1v) is 10.6. The summed E-state index contributed by atoms with van der Waals surface area (Å²) in [5, 5.41) is 3.95. The van der Waals surface area contributed by atoms with Gasteiger partial charge in [-0.15, -0.1) is 11.3 Å². The van der Waals surface area contributed by atoms with E-state index in [4.69, 9.17) is 21.1 Å². The SMILES string of the molecule is CCC1CCc2c(sc(NC(=O)C(C)Oc3cccc(Cl)c3)c2C(=O)OC)C1. The zero-order valence-corrected chi connectivity index (χ0v) is 17.8. The Bertz CT molecular complexity index is 879. The molecule has 1 aromatic heterocycles. The average Bonchev–Trinajstić information content (AvgIpc) is 3.04. The number of halogens is 1. The van der Waals surface area contributed by atoms with Crippen molar-refractivity contribution in [2.24, 2.45) is 5.92 Å². The number of rotatable bonds is 6. The standard InChI is InChI=1S/C21H24ClNO4S/c1-4-13-8-9-16-17(10-13)28-20(18(16)21(25)26-3)23-19(24)12(2)27-15-7-5-6-14(22)11-15/h5-7,11-13H,4,8-10H2,1-3H3,(H,23,24). The number of methoxy groups -OCH3 is 1. The number of benzene rings is 1. The number of hydrogen-bond donors (Lipinski definition) is 1. The highest BCUT2D eigenvalue weighted by Gasteiger charge is 2.30. The minimum absolute atomic E-state index is 0.323. The molecule has 2 atom stereocenters. The van der Waals surface area contributed by atoms with Crippen LogP contribution in [0.1, 0.15) is 47.5 Å². The van der Waals surface area contributed by atoms with Crippen molar-refractivity contribution in [1.29, 1.82) is 0 Å². The third-order valence-electron chi connectivity index (χ3n) is 5.05. The van der Waals surface area contributed by atoms with Gasteiger partial charge in [0.05, 0.1) is 12.7 Å². The minimum atomic E-state index is -0.744. The second kappa shape index (κ2) is 8.97. The van der Waals surface area contributed by atoms with Gasteiger partial charge in [0.15, 0.2) is 6.10 Å². The number of anilines is 1. The highest BCUT2D eigenvalue weighted by atomic mass is 35.5. The molecule has 150 valence electrons. The molecule has 0 spiro atoms. The largest absolute Gasteiger partial charge is 0.481 e. The Labute approximate surface area is 174 Å². The topological polar surface area (TPSA) is 64.6 Å². The van der Waals surface area contributed by atoms with E-state index in [1.807, 2.05) is 0 Å². The van der Waals surface area contributed by atoms with Crippen LogP contribution in [0.15, 0.2) is 24.3 Å². The maximum Gasteiger partial charge on any atom is 0.341 e. The van der Waals surface area contributed by atoms with Crippen LogP contribution in [0.4, 0.5) is 5.00 Å². The Hall–Kier alpha value is -2.05. The van der Waals surface area contributed by atoms with Crippen LogP contribution in [0.25, 0.3) is 0 Å². The summed E-state index contributed by atoms with van der Waals surface area (Å²) < 4.78 is 10.7. The van der Waals surface area contributed by atoms with Crippen LogP contribution < -0.4 is 10.1 Å². The molecule has 0 saturated carbocycles. The Morgan fingerprint density at radius 2 is 2.18 bits per heavy atom.